The first-order valence-electron chi connectivity index (χ1n) is 6.04. The highest BCUT2D eigenvalue weighted by Crippen LogP contribution is 2.28. The standard InChI is InChI=1S/C14H18O2/c1-2-3-4-10-5-6-11-8-13(14(15)16)9-12(11)7-10/h5-7,13H,2-4,8-9H2,1H3,(H,15,16). The van der Waals surface area contributed by atoms with Crippen molar-refractivity contribution in [3.63, 3.8) is 0 Å². The van der Waals surface area contributed by atoms with Crippen molar-refractivity contribution in [2.75, 3.05) is 0 Å². The first-order chi connectivity index (χ1) is 7.70. The molecule has 0 heterocycles. The van der Waals surface area contributed by atoms with Crippen LogP contribution in [0.15, 0.2) is 18.2 Å². The normalized spacial score (nSPS) is 18.4. The maximum Gasteiger partial charge on any atom is 0.307 e. The van der Waals surface area contributed by atoms with Gasteiger partial charge in [-0.3, -0.25) is 4.79 Å². The van der Waals surface area contributed by atoms with Crippen LogP contribution in [0.2, 0.25) is 0 Å². The third kappa shape index (κ3) is 2.26. The summed E-state index contributed by atoms with van der Waals surface area (Å²) in [5.74, 6) is -0.859. The second-order valence-electron chi connectivity index (χ2n) is 4.65. The molecule has 1 aliphatic carbocycles. The van der Waals surface area contributed by atoms with Gasteiger partial charge in [-0.15, -0.1) is 0 Å². The first kappa shape index (κ1) is 11.2. The van der Waals surface area contributed by atoms with Gasteiger partial charge in [0.1, 0.15) is 0 Å². The highest BCUT2D eigenvalue weighted by Gasteiger charge is 2.26. The minimum atomic E-state index is -0.661. The smallest absolute Gasteiger partial charge is 0.307 e. The Morgan fingerprint density at radius 1 is 1.38 bits per heavy atom. The molecule has 0 aliphatic heterocycles. The van der Waals surface area contributed by atoms with Crippen molar-refractivity contribution in [2.24, 2.45) is 5.92 Å². The van der Waals surface area contributed by atoms with Crippen molar-refractivity contribution in [3.05, 3.63) is 34.9 Å². The summed E-state index contributed by atoms with van der Waals surface area (Å²) in [4.78, 5) is 10.9. The van der Waals surface area contributed by atoms with Gasteiger partial charge in [0.25, 0.3) is 0 Å². The third-order valence-electron chi connectivity index (χ3n) is 3.37. The average molecular weight is 218 g/mol. The number of unbranched alkanes of at least 4 members (excludes halogenated alkanes) is 1. The summed E-state index contributed by atoms with van der Waals surface area (Å²) < 4.78 is 0. The summed E-state index contributed by atoms with van der Waals surface area (Å²) in [7, 11) is 0. The van der Waals surface area contributed by atoms with Crippen LogP contribution in [0.3, 0.4) is 0 Å². The number of hydrogen-bond acceptors (Lipinski definition) is 1. The predicted molar refractivity (Wildman–Crippen MR) is 63.6 cm³/mol. The number of carbonyl (C=O) groups is 1. The van der Waals surface area contributed by atoms with Gasteiger partial charge in [-0.2, -0.15) is 0 Å². The first-order valence-corrected chi connectivity index (χ1v) is 6.04. The van der Waals surface area contributed by atoms with Gasteiger partial charge < -0.3 is 5.11 Å². The number of rotatable bonds is 4. The molecule has 1 aromatic carbocycles. The molecule has 1 aliphatic rings. The van der Waals surface area contributed by atoms with Gasteiger partial charge >= 0.3 is 5.97 Å². The van der Waals surface area contributed by atoms with E-state index in [1.54, 1.807) is 0 Å². The molecule has 16 heavy (non-hydrogen) atoms. The summed E-state index contributed by atoms with van der Waals surface area (Å²) in [5, 5.41) is 9.00. The highest BCUT2D eigenvalue weighted by molar-refractivity contribution is 5.72. The van der Waals surface area contributed by atoms with E-state index in [2.05, 4.69) is 25.1 Å². The molecule has 0 radical (unpaired) electrons. The zero-order valence-corrected chi connectivity index (χ0v) is 9.70. The lowest BCUT2D eigenvalue weighted by Gasteiger charge is -2.03. The van der Waals surface area contributed by atoms with E-state index in [9.17, 15) is 4.79 Å². The molecule has 0 bridgehead atoms. The molecule has 0 fully saturated rings. The molecule has 1 unspecified atom stereocenters. The number of aliphatic carboxylic acids is 1. The molecule has 0 saturated heterocycles. The fourth-order valence-corrected chi connectivity index (χ4v) is 2.38. The van der Waals surface area contributed by atoms with Crippen molar-refractivity contribution in [1.82, 2.24) is 0 Å². The number of fused-ring (bicyclic) bond motifs is 1. The van der Waals surface area contributed by atoms with Crippen molar-refractivity contribution < 1.29 is 9.90 Å². The fraction of sp³-hybridized carbons (Fsp3) is 0.500. The average Bonchev–Trinajstić information content (AvgIpc) is 2.69. The fourth-order valence-electron chi connectivity index (χ4n) is 2.38. The molecule has 0 amide bonds. The lowest BCUT2D eigenvalue weighted by atomic mass is 10.0. The van der Waals surface area contributed by atoms with Gasteiger partial charge in [0, 0.05) is 0 Å². The van der Waals surface area contributed by atoms with Gasteiger partial charge in [-0.25, -0.2) is 0 Å². The van der Waals surface area contributed by atoms with Crippen LogP contribution >= 0.6 is 0 Å². The summed E-state index contributed by atoms with van der Waals surface area (Å²) in [5.41, 5.74) is 3.83. The second-order valence-corrected chi connectivity index (χ2v) is 4.65. The number of carboxylic acids is 1. The Morgan fingerprint density at radius 2 is 2.12 bits per heavy atom. The zero-order valence-electron chi connectivity index (χ0n) is 9.70. The summed E-state index contributed by atoms with van der Waals surface area (Å²) in [6, 6.07) is 6.47. The molecule has 0 saturated carbocycles. The van der Waals surface area contributed by atoms with E-state index in [0.29, 0.717) is 12.8 Å². The van der Waals surface area contributed by atoms with E-state index in [1.807, 2.05) is 0 Å². The number of hydrogen-bond donors (Lipinski definition) is 1. The molecule has 86 valence electrons. The molecule has 2 heteroatoms. The Morgan fingerprint density at radius 3 is 2.81 bits per heavy atom. The molecule has 0 spiro atoms. The number of carboxylic acid groups (broad SMARTS) is 1. The summed E-state index contributed by atoms with van der Waals surface area (Å²) in [6.07, 6.45) is 4.95. The molecule has 0 aromatic heterocycles. The van der Waals surface area contributed by atoms with Crippen LogP contribution in [0.1, 0.15) is 36.5 Å². The molecule has 1 aromatic rings. The Balaban J connectivity index is 2.11. The maximum absolute atomic E-state index is 10.9. The van der Waals surface area contributed by atoms with Crippen LogP contribution in [-0.2, 0) is 24.1 Å². The SMILES string of the molecule is CCCCc1ccc2c(c1)CC(C(=O)O)C2. The van der Waals surface area contributed by atoms with Crippen LogP contribution < -0.4 is 0 Å². The molecule has 2 rings (SSSR count). The van der Waals surface area contributed by atoms with Crippen LogP contribution in [0.4, 0.5) is 0 Å². The second kappa shape index (κ2) is 4.69. The number of benzene rings is 1. The maximum atomic E-state index is 10.9. The molecular formula is C14H18O2. The van der Waals surface area contributed by atoms with Gasteiger partial charge in [-0.05, 0) is 42.4 Å². The topological polar surface area (TPSA) is 37.3 Å². The lowest BCUT2D eigenvalue weighted by Crippen LogP contribution is -2.12. The monoisotopic (exact) mass is 218 g/mol. The van der Waals surface area contributed by atoms with E-state index in [4.69, 9.17) is 5.11 Å². The lowest BCUT2D eigenvalue weighted by molar-refractivity contribution is -0.141. The largest absolute Gasteiger partial charge is 0.481 e. The minimum absolute atomic E-state index is 0.198. The van der Waals surface area contributed by atoms with Crippen LogP contribution in [0.5, 0.6) is 0 Å². The van der Waals surface area contributed by atoms with E-state index in [0.717, 1.165) is 6.42 Å². The molecule has 1 atom stereocenters. The van der Waals surface area contributed by atoms with Crippen molar-refractivity contribution in [2.45, 2.75) is 39.0 Å². The van der Waals surface area contributed by atoms with Gasteiger partial charge in [0.15, 0.2) is 0 Å². The summed E-state index contributed by atoms with van der Waals surface area (Å²) in [6.45, 7) is 2.19. The zero-order chi connectivity index (χ0) is 11.5. The van der Waals surface area contributed by atoms with E-state index in [-0.39, 0.29) is 5.92 Å². The molecular weight excluding hydrogens is 200 g/mol. The predicted octanol–water partition coefficient (Wildman–Crippen LogP) is 2.83. The Kier molecular flexibility index (Phi) is 3.28. The summed E-state index contributed by atoms with van der Waals surface area (Å²) >= 11 is 0. The van der Waals surface area contributed by atoms with Gasteiger partial charge in [0.05, 0.1) is 5.92 Å². The molecule has 2 nitrogen and oxygen atoms in total. The Hall–Kier alpha value is -1.31. The molecule has 1 N–H and O–H groups in total. The third-order valence-corrected chi connectivity index (χ3v) is 3.37. The Bertz CT molecular complexity index is 396. The van der Waals surface area contributed by atoms with Crippen LogP contribution in [-0.4, -0.2) is 11.1 Å². The quantitative estimate of drug-likeness (QED) is 0.843. The van der Waals surface area contributed by atoms with Crippen LogP contribution in [0, 0.1) is 5.92 Å². The van der Waals surface area contributed by atoms with Gasteiger partial charge in [0.2, 0.25) is 0 Å². The van der Waals surface area contributed by atoms with Gasteiger partial charge in [-0.1, -0.05) is 31.5 Å². The van der Waals surface area contributed by atoms with E-state index < -0.39 is 5.97 Å². The Labute approximate surface area is 96.3 Å². The minimum Gasteiger partial charge on any atom is -0.481 e. The van der Waals surface area contributed by atoms with E-state index in [1.165, 1.54) is 29.5 Å². The van der Waals surface area contributed by atoms with E-state index >= 15 is 0 Å². The van der Waals surface area contributed by atoms with Crippen molar-refractivity contribution in [3.8, 4) is 0 Å². The van der Waals surface area contributed by atoms with Crippen molar-refractivity contribution in [1.29, 1.82) is 0 Å². The highest BCUT2D eigenvalue weighted by atomic mass is 16.4. The number of aryl methyl sites for hydroxylation is 1. The van der Waals surface area contributed by atoms with Crippen LogP contribution in [0.25, 0.3) is 0 Å². The van der Waals surface area contributed by atoms with Crippen molar-refractivity contribution >= 4 is 5.97 Å².